The SMILES string of the molecule is CC(=O)SCC1CC(=O)N(c2nccc(C)c2N)C1. The third-order valence-corrected chi connectivity index (χ3v) is 4.21. The van der Waals surface area contributed by atoms with Crippen LogP contribution in [-0.4, -0.2) is 28.3 Å². The molecule has 1 aliphatic heterocycles. The number of amides is 1. The number of nitrogens with zero attached hydrogens (tertiary/aromatic N) is 2. The van der Waals surface area contributed by atoms with E-state index in [2.05, 4.69) is 4.98 Å². The second-order valence-corrected chi connectivity index (χ2v) is 5.94. The van der Waals surface area contributed by atoms with Crippen molar-refractivity contribution in [1.29, 1.82) is 0 Å². The minimum Gasteiger partial charge on any atom is -0.396 e. The van der Waals surface area contributed by atoms with Gasteiger partial charge in [-0.25, -0.2) is 4.98 Å². The molecule has 2 N–H and O–H groups in total. The van der Waals surface area contributed by atoms with E-state index >= 15 is 0 Å². The number of aromatic nitrogens is 1. The third-order valence-electron chi connectivity index (χ3n) is 3.17. The second-order valence-electron chi connectivity index (χ2n) is 4.74. The largest absolute Gasteiger partial charge is 0.396 e. The van der Waals surface area contributed by atoms with Gasteiger partial charge in [-0.15, -0.1) is 0 Å². The average Bonchev–Trinajstić information content (AvgIpc) is 2.71. The van der Waals surface area contributed by atoms with Crippen LogP contribution in [0.5, 0.6) is 0 Å². The molecule has 0 aromatic carbocycles. The zero-order valence-corrected chi connectivity index (χ0v) is 11.9. The van der Waals surface area contributed by atoms with Crippen LogP contribution in [0.1, 0.15) is 18.9 Å². The maximum absolute atomic E-state index is 12.0. The summed E-state index contributed by atoms with van der Waals surface area (Å²) < 4.78 is 0. The first-order valence-corrected chi connectivity index (χ1v) is 7.12. The van der Waals surface area contributed by atoms with Crippen molar-refractivity contribution in [1.82, 2.24) is 4.98 Å². The molecule has 0 bridgehead atoms. The molecule has 1 aromatic heterocycles. The minimum atomic E-state index is 0.0268. The third kappa shape index (κ3) is 3.07. The molecule has 1 aromatic rings. The van der Waals surface area contributed by atoms with Gasteiger partial charge in [-0.2, -0.15) is 0 Å². The summed E-state index contributed by atoms with van der Waals surface area (Å²) in [4.78, 5) is 28.8. The Morgan fingerprint density at radius 3 is 3.05 bits per heavy atom. The van der Waals surface area contributed by atoms with Gasteiger partial charge in [-0.3, -0.25) is 14.5 Å². The standard InChI is InChI=1S/C13H17N3O2S/c1-8-3-4-15-13(12(8)14)16-6-10(5-11(16)18)7-19-9(2)17/h3-4,10H,5-7,14H2,1-2H3. The smallest absolute Gasteiger partial charge is 0.228 e. The van der Waals surface area contributed by atoms with E-state index in [1.807, 2.05) is 13.0 Å². The number of rotatable bonds is 3. The summed E-state index contributed by atoms with van der Waals surface area (Å²) in [7, 11) is 0. The maximum atomic E-state index is 12.0. The predicted molar refractivity (Wildman–Crippen MR) is 77.0 cm³/mol. The molecule has 0 radical (unpaired) electrons. The summed E-state index contributed by atoms with van der Waals surface area (Å²) in [6.45, 7) is 4.02. The molecule has 0 aliphatic carbocycles. The maximum Gasteiger partial charge on any atom is 0.228 e. The Morgan fingerprint density at radius 2 is 2.37 bits per heavy atom. The lowest BCUT2D eigenvalue weighted by molar-refractivity contribution is -0.117. The number of hydrogen-bond acceptors (Lipinski definition) is 5. The number of nitrogens with two attached hydrogens (primary N) is 1. The van der Waals surface area contributed by atoms with Crippen molar-refractivity contribution in [2.75, 3.05) is 22.9 Å². The van der Waals surface area contributed by atoms with Gasteiger partial charge >= 0.3 is 0 Å². The molecule has 1 saturated heterocycles. The number of anilines is 2. The molecular formula is C13H17N3O2S. The van der Waals surface area contributed by atoms with Crippen LogP contribution in [0.25, 0.3) is 0 Å². The molecule has 1 atom stereocenters. The highest BCUT2D eigenvalue weighted by Gasteiger charge is 2.32. The van der Waals surface area contributed by atoms with E-state index in [-0.39, 0.29) is 16.9 Å². The summed E-state index contributed by atoms with van der Waals surface area (Å²) in [5, 5.41) is 0.0825. The van der Waals surface area contributed by atoms with Gasteiger partial charge in [0.15, 0.2) is 10.9 Å². The average molecular weight is 279 g/mol. The van der Waals surface area contributed by atoms with Gasteiger partial charge in [0.25, 0.3) is 0 Å². The van der Waals surface area contributed by atoms with Crippen molar-refractivity contribution in [3.8, 4) is 0 Å². The fraction of sp³-hybridized carbons (Fsp3) is 0.462. The molecule has 6 heteroatoms. The van der Waals surface area contributed by atoms with E-state index < -0.39 is 0 Å². The molecule has 102 valence electrons. The van der Waals surface area contributed by atoms with Gasteiger partial charge < -0.3 is 5.73 Å². The Morgan fingerprint density at radius 1 is 1.63 bits per heavy atom. The highest BCUT2D eigenvalue weighted by Crippen LogP contribution is 2.30. The van der Waals surface area contributed by atoms with Crippen molar-refractivity contribution in [2.24, 2.45) is 5.92 Å². The van der Waals surface area contributed by atoms with Crippen LogP contribution < -0.4 is 10.6 Å². The predicted octanol–water partition coefficient (Wildman–Crippen LogP) is 1.60. The Kier molecular flexibility index (Phi) is 4.09. The highest BCUT2D eigenvalue weighted by atomic mass is 32.2. The van der Waals surface area contributed by atoms with Crippen molar-refractivity contribution in [3.63, 3.8) is 0 Å². The lowest BCUT2D eigenvalue weighted by Gasteiger charge is -2.18. The molecule has 19 heavy (non-hydrogen) atoms. The number of hydrogen-bond donors (Lipinski definition) is 1. The topological polar surface area (TPSA) is 76.3 Å². The van der Waals surface area contributed by atoms with E-state index in [1.54, 1.807) is 18.0 Å². The van der Waals surface area contributed by atoms with Crippen LogP contribution >= 0.6 is 11.8 Å². The molecule has 5 nitrogen and oxygen atoms in total. The van der Waals surface area contributed by atoms with E-state index in [1.165, 1.54) is 11.8 Å². The molecule has 1 fully saturated rings. The summed E-state index contributed by atoms with van der Waals surface area (Å²) in [5.74, 6) is 1.42. The summed E-state index contributed by atoms with van der Waals surface area (Å²) in [6.07, 6.45) is 2.11. The second kappa shape index (κ2) is 5.61. The Balaban J connectivity index is 2.11. The van der Waals surface area contributed by atoms with Crippen molar-refractivity contribution in [3.05, 3.63) is 17.8 Å². The van der Waals surface area contributed by atoms with Gasteiger partial charge in [0.05, 0.1) is 5.69 Å². The molecular weight excluding hydrogens is 262 g/mol. The van der Waals surface area contributed by atoms with Gasteiger partial charge in [0.2, 0.25) is 5.91 Å². The normalized spacial score (nSPS) is 18.9. The van der Waals surface area contributed by atoms with Crippen LogP contribution in [0.15, 0.2) is 12.3 Å². The first kappa shape index (κ1) is 13.9. The molecule has 2 rings (SSSR count). The quantitative estimate of drug-likeness (QED) is 0.909. The van der Waals surface area contributed by atoms with E-state index in [9.17, 15) is 9.59 Å². The fourth-order valence-corrected chi connectivity index (χ4v) is 2.80. The molecule has 1 amide bonds. The molecule has 2 heterocycles. The van der Waals surface area contributed by atoms with Crippen molar-refractivity contribution >= 4 is 34.3 Å². The van der Waals surface area contributed by atoms with E-state index in [0.717, 1.165) is 5.56 Å². The number of carbonyl (C=O) groups is 2. The Hall–Kier alpha value is -1.56. The van der Waals surface area contributed by atoms with E-state index in [0.29, 0.717) is 30.2 Å². The van der Waals surface area contributed by atoms with Gasteiger partial charge in [-0.05, 0) is 24.5 Å². The van der Waals surface area contributed by atoms with Crippen molar-refractivity contribution in [2.45, 2.75) is 20.3 Å². The number of aryl methyl sites for hydroxylation is 1. The van der Waals surface area contributed by atoms with E-state index in [4.69, 9.17) is 5.73 Å². The molecule has 1 aliphatic rings. The first-order valence-electron chi connectivity index (χ1n) is 6.14. The summed E-state index contributed by atoms with van der Waals surface area (Å²) in [5.41, 5.74) is 7.44. The summed E-state index contributed by atoms with van der Waals surface area (Å²) in [6, 6.07) is 1.82. The number of carbonyl (C=O) groups excluding carboxylic acids is 2. The van der Waals surface area contributed by atoms with Gasteiger partial charge in [0.1, 0.15) is 0 Å². The van der Waals surface area contributed by atoms with Crippen LogP contribution in [-0.2, 0) is 9.59 Å². The number of nitrogen functional groups attached to an aromatic ring is 1. The van der Waals surface area contributed by atoms with Crippen LogP contribution in [0.2, 0.25) is 0 Å². The first-order chi connectivity index (χ1) is 8.99. The van der Waals surface area contributed by atoms with Crippen LogP contribution in [0.3, 0.4) is 0 Å². The van der Waals surface area contributed by atoms with Crippen LogP contribution in [0, 0.1) is 12.8 Å². The molecule has 0 spiro atoms. The summed E-state index contributed by atoms with van der Waals surface area (Å²) >= 11 is 1.27. The minimum absolute atomic E-state index is 0.0268. The Bertz CT molecular complexity index is 519. The highest BCUT2D eigenvalue weighted by molar-refractivity contribution is 8.13. The fourth-order valence-electron chi connectivity index (χ4n) is 2.10. The van der Waals surface area contributed by atoms with Crippen LogP contribution in [0.4, 0.5) is 11.5 Å². The zero-order chi connectivity index (χ0) is 14.0. The zero-order valence-electron chi connectivity index (χ0n) is 11.0. The molecule has 1 unspecified atom stereocenters. The van der Waals surface area contributed by atoms with Crippen molar-refractivity contribution < 1.29 is 9.59 Å². The lowest BCUT2D eigenvalue weighted by Crippen LogP contribution is -2.27. The Labute approximate surface area is 116 Å². The number of thioether (sulfide) groups is 1. The van der Waals surface area contributed by atoms with Gasteiger partial charge in [-0.1, -0.05) is 11.8 Å². The monoisotopic (exact) mass is 279 g/mol. The van der Waals surface area contributed by atoms with Gasteiger partial charge in [0, 0.05) is 31.8 Å². The molecule has 0 saturated carbocycles. The number of pyridine rings is 1. The lowest BCUT2D eigenvalue weighted by atomic mass is 10.1.